The third kappa shape index (κ3) is 2.36. The number of phenols is 1. The minimum absolute atomic E-state index is 0.0512. The quantitative estimate of drug-likeness (QED) is 0.813. The average molecular weight is 286 g/mol. The molecule has 3 heteroatoms. The smallest absolute Gasteiger partial charge is 0.209 e. The summed E-state index contributed by atoms with van der Waals surface area (Å²) in [6.45, 7) is 7.91. The molecule has 2 unspecified atom stereocenters. The zero-order chi connectivity index (χ0) is 15.2. The van der Waals surface area contributed by atoms with Gasteiger partial charge < -0.3 is 14.9 Å². The van der Waals surface area contributed by atoms with Crippen molar-refractivity contribution in [1.29, 1.82) is 0 Å². The van der Waals surface area contributed by atoms with Crippen molar-refractivity contribution < 1.29 is 14.9 Å². The molecule has 3 nitrogen and oxygen atoms in total. The molecule has 0 spiro atoms. The van der Waals surface area contributed by atoms with Crippen LogP contribution in [-0.4, -0.2) is 16.0 Å². The SMILES string of the molecule is C=CCc1cc(O)c2c(c1)OC1(O)CCC(=C(C)C)C2C1. The number of allylic oxidation sites excluding steroid dienone is 3. The first-order valence-corrected chi connectivity index (χ1v) is 7.48. The zero-order valence-electron chi connectivity index (χ0n) is 12.6. The van der Waals surface area contributed by atoms with Gasteiger partial charge in [0.15, 0.2) is 0 Å². The van der Waals surface area contributed by atoms with Gasteiger partial charge in [0.1, 0.15) is 11.5 Å². The predicted octanol–water partition coefficient (Wildman–Crippen LogP) is 3.81. The highest BCUT2D eigenvalue weighted by atomic mass is 16.6. The summed E-state index contributed by atoms with van der Waals surface area (Å²) in [6, 6.07) is 3.70. The number of hydrogen-bond acceptors (Lipinski definition) is 3. The maximum absolute atomic E-state index is 10.6. The second-order valence-corrected chi connectivity index (χ2v) is 6.35. The van der Waals surface area contributed by atoms with Gasteiger partial charge in [0.25, 0.3) is 0 Å². The summed E-state index contributed by atoms with van der Waals surface area (Å²) >= 11 is 0. The fraction of sp³-hybridized carbons (Fsp3) is 0.444. The van der Waals surface area contributed by atoms with Crippen LogP contribution in [0.15, 0.2) is 35.9 Å². The summed E-state index contributed by atoms with van der Waals surface area (Å²) in [7, 11) is 0. The fourth-order valence-corrected chi connectivity index (χ4v) is 3.61. The lowest BCUT2D eigenvalue weighted by Gasteiger charge is -2.44. The molecule has 112 valence electrons. The molecule has 1 aromatic carbocycles. The van der Waals surface area contributed by atoms with E-state index in [2.05, 4.69) is 20.4 Å². The Balaban J connectivity index is 2.16. The number of aromatic hydroxyl groups is 1. The molecule has 2 bridgehead atoms. The van der Waals surface area contributed by atoms with Crippen LogP contribution < -0.4 is 4.74 Å². The molecule has 1 saturated carbocycles. The number of benzene rings is 1. The molecule has 0 amide bonds. The van der Waals surface area contributed by atoms with E-state index in [4.69, 9.17) is 4.74 Å². The van der Waals surface area contributed by atoms with Gasteiger partial charge in [-0.1, -0.05) is 17.2 Å². The maximum atomic E-state index is 10.6. The molecule has 1 aromatic rings. The number of aliphatic hydroxyl groups is 1. The first kappa shape index (κ1) is 14.2. The van der Waals surface area contributed by atoms with E-state index in [1.165, 1.54) is 11.1 Å². The Morgan fingerprint density at radius 2 is 2.24 bits per heavy atom. The van der Waals surface area contributed by atoms with Crippen molar-refractivity contribution in [3.05, 3.63) is 47.1 Å². The number of ether oxygens (including phenoxy) is 1. The lowest BCUT2D eigenvalue weighted by Crippen LogP contribution is -2.44. The number of phenolic OH excluding ortho intramolecular Hbond substituents is 1. The van der Waals surface area contributed by atoms with E-state index in [1.54, 1.807) is 12.1 Å². The lowest BCUT2D eigenvalue weighted by molar-refractivity contribution is -0.165. The summed E-state index contributed by atoms with van der Waals surface area (Å²) in [4.78, 5) is 0. The van der Waals surface area contributed by atoms with Gasteiger partial charge in [0.05, 0.1) is 0 Å². The highest BCUT2D eigenvalue weighted by molar-refractivity contribution is 5.55. The predicted molar refractivity (Wildman–Crippen MR) is 82.6 cm³/mol. The third-order valence-corrected chi connectivity index (χ3v) is 4.58. The van der Waals surface area contributed by atoms with Gasteiger partial charge in [0.2, 0.25) is 5.79 Å². The van der Waals surface area contributed by atoms with Crippen molar-refractivity contribution in [2.75, 3.05) is 0 Å². The zero-order valence-corrected chi connectivity index (χ0v) is 12.6. The topological polar surface area (TPSA) is 49.7 Å². The van der Waals surface area contributed by atoms with Crippen LogP contribution in [0.1, 0.15) is 50.2 Å². The third-order valence-electron chi connectivity index (χ3n) is 4.58. The van der Waals surface area contributed by atoms with Gasteiger partial charge in [-0.05, 0) is 44.4 Å². The highest BCUT2D eigenvalue weighted by Gasteiger charge is 2.46. The molecule has 3 rings (SSSR count). The average Bonchev–Trinajstić information content (AvgIpc) is 2.37. The Morgan fingerprint density at radius 3 is 2.90 bits per heavy atom. The van der Waals surface area contributed by atoms with Crippen molar-refractivity contribution in [1.82, 2.24) is 0 Å². The Bertz CT molecular complexity index is 626. The molecule has 1 aliphatic heterocycles. The molecule has 2 atom stereocenters. The minimum Gasteiger partial charge on any atom is -0.507 e. The monoisotopic (exact) mass is 286 g/mol. The van der Waals surface area contributed by atoms with E-state index >= 15 is 0 Å². The standard InChI is InChI=1S/C18H22O3/c1-4-5-12-8-15(19)17-14-10-18(20,21-16(17)9-12)7-6-13(14)11(2)3/h4,8-9,14,19-20H,1,5-7,10H2,2-3H3. The van der Waals surface area contributed by atoms with Crippen LogP contribution in [0.25, 0.3) is 0 Å². The summed E-state index contributed by atoms with van der Waals surface area (Å²) in [5.41, 5.74) is 4.35. The van der Waals surface area contributed by atoms with Gasteiger partial charge >= 0.3 is 0 Å². The lowest BCUT2D eigenvalue weighted by atomic mass is 9.73. The normalized spacial score (nSPS) is 26.8. The van der Waals surface area contributed by atoms with Gasteiger partial charge in [-0.15, -0.1) is 6.58 Å². The van der Waals surface area contributed by atoms with E-state index < -0.39 is 5.79 Å². The van der Waals surface area contributed by atoms with Crippen molar-refractivity contribution in [2.24, 2.45) is 0 Å². The minimum atomic E-state index is -1.10. The summed E-state index contributed by atoms with van der Waals surface area (Å²) in [5.74, 6) is -0.174. The Kier molecular flexibility index (Phi) is 3.33. The summed E-state index contributed by atoms with van der Waals surface area (Å²) < 4.78 is 5.82. The molecule has 2 N–H and O–H groups in total. The van der Waals surface area contributed by atoms with E-state index in [-0.39, 0.29) is 11.7 Å². The Morgan fingerprint density at radius 1 is 1.48 bits per heavy atom. The van der Waals surface area contributed by atoms with Gasteiger partial charge in [-0.3, -0.25) is 0 Å². The van der Waals surface area contributed by atoms with Crippen molar-refractivity contribution in [3.63, 3.8) is 0 Å². The van der Waals surface area contributed by atoms with Crippen molar-refractivity contribution >= 4 is 0 Å². The fourth-order valence-electron chi connectivity index (χ4n) is 3.61. The second kappa shape index (κ2) is 4.92. The first-order valence-electron chi connectivity index (χ1n) is 7.48. The molecule has 1 aliphatic carbocycles. The molecule has 1 heterocycles. The van der Waals surface area contributed by atoms with Gasteiger partial charge in [-0.25, -0.2) is 0 Å². The molecule has 1 fully saturated rings. The van der Waals surface area contributed by atoms with Gasteiger partial charge in [0, 0.05) is 24.3 Å². The molecule has 0 aromatic heterocycles. The summed E-state index contributed by atoms with van der Waals surface area (Å²) in [5, 5.41) is 21.1. The Hall–Kier alpha value is -1.74. The number of hydrogen-bond donors (Lipinski definition) is 2. The van der Waals surface area contributed by atoms with Crippen molar-refractivity contribution in [2.45, 2.75) is 51.2 Å². The second-order valence-electron chi connectivity index (χ2n) is 6.35. The molecular weight excluding hydrogens is 264 g/mol. The molecule has 0 saturated heterocycles. The first-order chi connectivity index (χ1) is 9.93. The van der Waals surface area contributed by atoms with Crippen molar-refractivity contribution in [3.8, 4) is 11.5 Å². The maximum Gasteiger partial charge on any atom is 0.209 e. The summed E-state index contributed by atoms with van der Waals surface area (Å²) in [6.07, 6.45) is 4.41. The van der Waals surface area contributed by atoms with E-state index in [9.17, 15) is 10.2 Å². The molecule has 0 radical (unpaired) electrons. The van der Waals surface area contributed by atoms with E-state index in [1.807, 2.05) is 6.07 Å². The van der Waals surface area contributed by atoms with Crippen LogP contribution in [0.2, 0.25) is 0 Å². The molecule has 2 aliphatic rings. The molecular formula is C18H22O3. The van der Waals surface area contributed by atoms with Crippen LogP contribution in [0.3, 0.4) is 0 Å². The number of fused-ring (bicyclic) bond motifs is 4. The largest absolute Gasteiger partial charge is 0.507 e. The van der Waals surface area contributed by atoms with Crippen LogP contribution in [0.5, 0.6) is 11.5 Å². The van der Waals surface area contributed by atoms with Gasteiger partial charge in [-0.2, -0.15) is 0 Å². The van der Waals surface area contributed by atoms with Crippen LogP contribution in [0.4, 0.5) is 0 Å². The van der Waals surface area contributed by atoms with Crippen LogP contribution in [-0.2, 0) is 6.42 Å². The number of rotatable bonds is 2. The molecule has 21 heavy (non-hydrogen) atoms. The van der Waals surface area contributed by atoms with E-state index in [0.717, 1.165) is 17.5 Å². The Labute approximate surface area is 125 Å². The van der Waals surface area contributed by atoms with Crippen LogP contribution >= 0.6 is 0 Å². The highest BCUT2D eigenvalue weighted by Crippen LogP contribution is 2.54. The van der Waals surface area contributed by atoms with E-state index in [0.29, 0.717) is 25.0 Å². The van der Waals surface area contributed by atoms with Crippen LogP contribution in [0, 0.1) is 0 Å².